The summed E-state index contributed by atoms with van der Waals surface area (Å²) in [5.41, 5.74) is 1.20. The lowest BCUT2D eigenvalue weighted by molar-refractivity contribution is 0.182. The highest BCUT2D eigenvalue weighted by Crippen LogP contribution is 2.22. The van der Waals surface area contributed by atoms with Gasteiger partial charge in [-0.3, -0.25) is 0 Å². The van der Waals surface area contributed by atoms with Crippen molar-refractivity contribution in [2.24, 2.45) is 0 Å². The van der Waals surface area contributed by atoms with Crippen molar-refractivity contribution in [3.05, 3.63) is 60.7 Å². The van der Waals surface area contributed by atoms with Crippen LogP contribution in [0.4, 0.5) is 0 Å². The van der Waals surface area contributed by atoms with Gasteiger partial charge in [0.15, 0.2) is 0 Å². The maximum absolute atomic E-state index is 9.22. The summed E-state index contributed by atoms with van der Waals surface area (Å²) >= 11 is 0. The second-order valence-corrected chi connectivity index (χ2v) is 5.55. The molecule has 0 heterocycles. The molecule has 2 heteroatoms. The lowest BCUT2D eigenvalue weighted by Gasteiger charge is -2.05. The number of fused-ring (bicyclic) bond motifs is 1. The first kappa shape index (κ1) is 16.3. The van der Waals surface area contributed by atoms with Crippen LogP contribution in [0, 0.1) is 0 Å². The molecule has 1 atom stereocenters. The Bertz CT molecular complexity index is 641. The minimum Gasteiger partial charge on any atom is -0.490 e. The van der Waals surface area contributed by atoms with Gasteiger partial charge in [0.1, 0.15) is 12.4 Å². The molecule has 2 nitrogen and oxygen atoms in total. The van der Waals surface area contributed by atoms with Crippen molar-refractivity contribution in [2.75, 3.05) is 6.61 Å². The third-order valence-electron chi connectivity index (χ3n) is 3.51. The van der Waals surface area contributed by atoms with Crippen LogP contribution in [0.3, 0.4) is 0 Å². The molecule has 1 N–H and O–H groups in total. The number of hydrogen-bond donors (Lipinski definition) is 1. The Kier molecular flexibility index (Phi) is 6.23. The third-order valence-corrected chi connectivity index (χ3v) is 3.51. The fraction of sp³-hybridized carbons (Fsp3) is 0.300. The van der Waals surface area contributed by atoms with Gasteiger partial charge >= 0.3 is 0 Å². The standard InChI is InChI=1S/C20H24O2/c1-3-13-22-20-12-11-18-14-17(9-10-19(18)15-20)8-6-4-5-7-16(2)21/h3,6,8-12,14-16,21H,1,4-5,7,13H2,2H3. The Morgan fingerprint density at radius 2 is 1.95 bits per heavy atom. The molecule has 0 saturated heterocycles. The predicted octanol–water partition coefficient (Wildman–Crippen LogP) is 4.97. The Morgan fingerprint density at radius 3 is 2.73 bits per heavy atom. The largest absolute Gasteiger partial charge is 0.490 e. The summed E-state index contributed by atoms with van der Waals surface area (Å²) < 4.78 is 5.55. The first-order valence-electron chi connectivity index (χ1n) is 7.81. The van der Waals surface area contributed by atoms with Crippen LogP contribution in [0.15, 0.2) is 55.1 Å². The van der Waals surface area contributed by atoms with Crippen LogP contribution in [-0.4, -0.2) is 17.8 Å². The summed E-state index contributed by atoms with van der Waals surface area (Å²) in [4.78, 5) is 0. The SMILES string of the molecule is C=CCOc1ccc2cc(C=CCCCC(C)O)ccc2c1. The van der Waals surface area contributed by atoms with Crippen LogP contribution in [0.25, 0.3) is 16.8 Å². The van der Waals surface area contributed by atoms with Crippen molar-refractivity contribution in [1.29, 1.82) is 0 Å². The van der Waals surface area contributed by atoms with Crippen molar-refractivity contribution >= 4 is 16.8 Å². The Morgan fingerprint density at radius 1 is 1.18 bits per heavy atom. The van der Waals surface area contributed by atoms with Crippen molar-refractivity contribution in [2.45, 2.75) is 32.3 Å². The summed E-state index contributed by atoms with van der Waals surface area (Å²) in [7, 11) is 0. The van der Waals surface area contributed by atoms with Gasteiger partial charge in [-0.15, -0.1) is 0 Å². The fourth-order valence-corrected chi connectivity index (χ4v) is 2.34. The summed E-state index contributed by atoms with van der Waals surface area (Å²) in [6, 6.07) is 12.5. The van der Waals surface area contributed by atoms with Crippen LogP contribution < -0.4 is 4.74 Å². The monoisotopic (exact) mass is 296 g/mol. The number of benzene rings is 2. The average molecular weight is 296 g/mol. The summed E-state index contributed by atoms with van der Waals surface area (Å²) in [6.07, 6.45) is 8.73. The lowest BCUT2D eigenvalue weighted by Crippen LogP contribution is -1.97. The third kappa shape index (κ3) is 5.05. The van der Waals surface area contributed by atoms with E-state index in [0.29, 0.717) is 6.61 Å². The maximum atomic E-state index is 9.22. The summed E-state index contributed by atoms with van der Waals surface area (Å²) in [5, 5.41) is 11.6. The maximum Gasteiger partial charge on any atom is 0.120 e. The van der Waals surface area contributed by atoms with Crippen LogP contribution in [0.2, 0.25) is 0 Å². The van der Waals surface area contributed by atoms with E-state index in [2.05, 4.69) is 49.1 Å². The smallest absolute Gasteiger partial charge is 0.120 e. The van der Waals surface area contributed by atoms with E-state index in [1.165, 1.54) is 16.3 Å². The van der Waals surface area contributed by atoms with Crippen LogP contribution in [0.1, 0.15) is 31.7 Å². The van der Waals surface area contributed by atoms with E-state index < -0.39 is 0 Å². The van der Waals surface area contributed by atoms with Gasteiger partial charge < -0.3 is 9.84 Å². The fourth-order valence-electron chi connectivity index (χ4n) is 2.34. The summed E-state index contributed by atoms with van der Waals surface area (Å²) in [5.74, 6) is 0.869. The number of ether oxygens (including phenoxy) is 1. The minimum atomic E-state index is -0.202. The number of allylic oxidation sites excluding steroid dienone is 1. The van der Waals surface area contributed by atoms with Crippen molar-refractivity contribution in [1.82, 2.24) is 0 Å². The molecule has 0 aliphatic rings. The van der Waals surface area contributed by atoms with Gasteiger partial charge in [0.05, 0.1) is 6.10 Å². The molecule has 2 aromatic carbocycles. The molecule has 2 aromatic rings. The first-order chi connectivity index (χ1) is 10.7. The number of hydrogen-bond acceptors (Lipinski definition) is 2. The van der Waals surface area contributed by atoms with Gasteiger partial charge in [0.25, 0.3) is 0 Å². The highest BCUT2D eigenvalue weighted by molar-refractivity contribution is 5.86. The van der Waals surface area contributed by atoms with Gasteiger partial charge in [0.2, 0.25) is 0 Å². The van der Waals surface area contributed by atoms with Gasteiger partial charge in [-0.25, -0.2) is 0 Å². The van der Waals surface area contributed by atoms with Gasteiger partial charge in [0, 0.05) is 0 Å². The van der Waals surface area contributed by atoms with Crippen LogP contribution >= 0.6 is 0 Å². The minimum absolute atomic E-state index is 0.202. The predicted molar refractivity (Wildman–Crippen MR) is 94.2 cm³/mol. The topological polar surface area (TPSA) is 29.5 Å². The normalized spacial score (nSPS) is 12.6. The van der Waals surface area contributed by atoms with Crippen LogP contribution in [0.5, 0.6) is 5.75 Å². The lowest BCUT2D eigenvalue weighted by atomic mass is 10.1. The molecule has 0 saturated carbocycles. The quantitative estimate of drug-likeness (QED) is 0.550. The molecule has 0 aliphatic carbocycles. The van der Waals surface area contributed by atoms with E-state index in [-0.39, 0.29) is 6.10 Å². The molecule has 22 heavy (non-hydrogen) atoms. The molecule has 0 amide bonds. The first-order valence-corrected chi connectivity index (χ1v) is 7.81. The van der Waals surface area contributed by atoms with E-state index in [1.54, 1.807) is 6.08 Å². The van der Waals surface area contributed by atoms with Crippen molar-refractivity contribution < 1.29 is 9.84 Å². The van der Waals surface area contributed by atoms with Gasteiger partial charge in [-0.2, -0.15) is 0 Å². The Balaban J connectivity index is 2.01. The molecule has 0 radical (unpaired) electrons. The molecular formula is C20H24O2. The van der Waals surface area contributed by atoms with E-state index >= 15 is 0 Å². The zero-order valence-corrected chi connectivity index (χ0v) is 13.2. The summed E-state index contributed by atoms with van der Waals surface area (Å²) in [6.45, 7) is 6.01. The van der Waals surface area contributed by atoms with Crippen molar-refractivity contribution in [3.63, 3.8) is 0 Å². The van der Waals surface area contributed by atoms with E-state index in [4.69, 9.17) is 4.74 Å². The molecular weight excluding hydrogens is 272 g/mol. The second kappa shape index (κ2) is 8.40. The number of rotatable bonds is 8. The second-order valence-electron chi connectivity index (χ2n) is 5.55. The van der Waals surface area contributed by atoms with E-state index in [0.717, 1.165) is 25.0 Å². The van der Waals surface area contributed by atoms with E-state index in [9.17, 15) is 5.11 Å². The number of aliphatic hydroxyl groups is 1. The Labute approximate surface area is 132 Å². The number of unbranched alkanes of at least 4 members (excludes halogenated alkanes) is 1. The average Bonchev–Trinajstić information content (AvgIpc) is 2.52. The number of aliphatic hydroxyl groups excluding tert-OH is 1. The van der Waals surface area contributed by atoms with Gasteiger partial charge in [-0.1, -0.05) is 43.0 Å². The highest BCUT2D eigenvalue weighted by Gasteiger charge is 1.98. The van der Waals surface area contributed by atoms with Crippen LogP contribution in [-0.2, 0) is 0 Å². The molecule has 0 fully saturated rings. The van der Waals surface area contributed by atoms with Crippen molar-refractivity contribution in [3.8, 4) is 5.75 Å². The molecule has 1 unspecified atom stereocenters. The molecule has 116 valence electrons. The molecule has 0 aliphatic heterocycles. The van der Waals surface area contributed by atoms with Gasteiger partial charge in [-0.05, 0) is 60.7 Å². The Hall–Kier alpha value is -2.06. The zero-order valence-electron chi connectivity index (χ0n) is 13.2. The van der Waals surface area contributed by atoms with E-state index in [1.807, 2.05) is 13.0 Å². The molecule has 0 bridgehead atoms. The molecule has 0 aromatic heterocycles. The molecule has 2 rings (SSSR count). The molecule has 0 spiro atoms. The highest BCUT2D eigenvalue weighted by atomic mass is 16.5. The zero-order chi connectivity index (χ0) is 15.8.